The third kappa shape index (κ3) is 16.3. The molecule has 1 unspecified atom stereocenters. The zero-order chi connectivity index (χ0) is 52.7. The Labute approximate surface area is 429 Å². The van der Waals surface area contributed by atoms with E-state index in [2.05, 4.69) is 64.2 Å². The predicted octanol–water partition coefficient (Wildman–Crippen LogP) is 1.04. The molecule has 394 valence electrons. The molecule has 1 aromatic carbocycles. The van der Waals surface area contributed by atoms with Gasteiger partial charge in [-0.2, -0.15) is 5.10 Å². The van der Waals surface area contributed by atoms with Gasteiger partial charge in [-0.15, -0.1) is 0 Å². The van der Waals surface area contributed by atoms with Crippen molar-refractivity contribution in [3.05, 3.63) is 64.4 Å². The van der Waals surface area contributed by atoms with Crippen molar-refractivity contribution in [2.24, 2.45) is 11.1 Å². The van der Waals surface area contributed by atoms with Crippen molar-refractivity contribution in [3.63, 3.8) is 0 Å². The minimum atomic E-state index is -1.16. The van der Waals surface area contributed by atoms with Crippen molar-refractivity contribution in [1.29, 1.82) is 0 Å². The van der Waals surface area contributed by atoms with E-state index in [-0.39, 0.29) is 144 Å². The van der Waals surface area contributed by atoms with Gasteiger partial charge in [0.05, 0.1) is 51.7 Å². The lowest BCUT2D eigenvalue weighted by Gasteiger charge is -2.27. The second-order valence-electron chi connectivity index (χ2n) is 18.2. The SMILES string of the molecule is CC(=O)c1nn(CC(=O)N2C3C[C@]3(C)C[C@H]2C(=O)Nc2nc(Br)ccc2CN(C)C)c2ccc(-c3cnc(CNC(=O)COCCOCCNC(=O)COCCOCCNC(=O)CC[C@H](N)C(=O)O)nc3)cc12. The van der Waals surface area contributed by atoms with Crippen LogP contribution in [0, 0.1) is 5.41 Å². The Morgan fingerprint density at radius 2 is 1.51 bits per heavy atom. The summed E-state index contributed by atoms with van der Waals surface area (Å²) in [6, 6.07) is 7.27. The number of benzene rings is 1. The molecule has 5 amide bonds. The Morgan fingerprint density at radius 3 is 2.15 bits per heavy atom. The number of rotatable bonds is 30. The smallest absolute Gasteiger partial charge is 0.320 e. The van der Waals surface area contributed by atoms with Gasteiger partial charge in [-0.25, -0.2) is 15.0 Å². The summed E-state index contributed by atoms with van der Waals surface area (Å²) in [5.74, 6) is -2.26. The number of nitrogens with one attached hydrogen (secondary N) is 4. The van der Waals surface area contributed by atoms with Gasteiger partial charge in [-0.1, -0.05) is 19.1 Å². The molecule has 1 saturated carbocycles. The molecule has 2 aliphatic rings. The number of carboxylic acids is 1. The van der Waals surface area contributed by atoms with E-state index in [0.29, 0.717) is 51.2 Å². The molecule has 0 radical (unpaired) electrons. The van der Waals surface area contributed by atoms with Gasteiger partial charge in [-0.05, 0) is 78.5 Å². The molecule has 2 fully saturated rings. The molecule has 25 heteroatoms. The maximum absolute atomic E-state index is 14.2. The van der Waals surface area contributed by atoms with Crippen molar-refractivity contribution in [1.82, 2.24) is 50.5 Å². The number of hydrogen-bond acceptors (Lipinski definition) is 17. The number of fused-ring (bicyclic) bond motifs is 2. The molecule has 7 N–H and O–H groups in total. The van der Waals surface area contributed by atoms with Crippen molar-refractivity contribution < 1.29 is 57.6 Å². The molecule has 1 aliphatic carbocycles. The largest absolute Gasteiger partial charge is 0.480 e. The van der Waals surface area contributed by atoms with E-state index in [1.54, 1.807) is 29.4 Å². The number of carbonyl (C=O) groups is 7. The molecule has 6 rings (SSSR count). The molecule has 4 heterocycles. The van der Waals surface area contributed by atoms with Crippen LogP contribution in [0.1, 0.15) is 61.4 Å². The number of ether oxygens (including phenoxy) is 4. The number of Topliss-reactive ketones (excluding diaryl/α,β-unsaturated/α-hetero) is 1. The van der Waals surface area contributed by atoms with Crippen molar-refractivity contribution in [2.75, 3.05) is 85.4 Å². The molecule has 3 aromatic heterocycles. The summed E-state index contributed by atoms with van der Waals surface area (Å²) in [6.45, 7) is 5.19. The maximum Gasteiger partial charge on any atom is 0.320 e. The summed E-state index contributed by atoms with van der Waals surface area (Å²) < 4.78 is 23.5. The molecular weight excluding hydrogens is 1020 g/mol. The molecular formula is C48H63BrN12O12. The average molecular weight is 1080 g/mol. The van der Waals surface area contributed by atoms with Gasteiger partial charge < -0.3 is 60.9 Å². The first-order valence-electron chi connectivity index (χ1n) is 23.8. The van der Waals surface area contributed by atoms with E-state index in [9.17, 15) is 33.6 Å². The maximum atomic E-state index is 14.2. The molecule has 73 heavy (non-hydrogen) atoms. The zero-order valence-corrected chi connectivity index (χ0v) is 42.9. The lowest BCUT2D eigenvalue weighted by molar-refractivity contribution is -0.139. The number of pyridine rings is 1. The third-order valence-corrected chi connectivity index (χ3v) is 12.5. The standard InChI is InChI=1S/C48H63BrN12O12/c1-29(62)44-33-19-30(5-8-35(33)60(58-44)26-43(66)61-36(20-48(2)21-37(48)61)46(67)57-45-31(25-59(3)4)6-9-38(49)56-45)32-22-53-39(54-23-32)24-55-42(65)28-73-18-16-71-14-12-52-41(64)27-72-17-15-70-13-11-51-40(63)10-7-34(50)47(68)69/h5-6,8-9,19,22-23,34,36-37H,7,10-18,20-21,24-28,50H2,1-4H3,(H,51,63)(H,52,64)(H,55,65)(H,68,69)(H,56,57,67)/t34-,36-,37?,48-/m0/s1. The monoisotopic (exact) mass is 1080 g/mol. The minimum absolute atomic E-state index is 0.000822. The van der Waals surface area contributed by atoms with Gasteiger partial charge >= 0.3 is 5.97 Å². The number of aliphatic carboxylic acids is 1. The van der Waals surface area contributed by atoms with Crippen LogP contribution in [-0.2, 0) is 67.3 Å². The van der Waals surface area contributed by atoms with Crippen LogP contribution in [-0.4, -0.2) is 179 Å². The lowest BCUT2D eigenvalue weighted by Crippen LogP contribution is -2.47. The van der Waals surface area contributed by atoms with Gasteiger partial charge in [0, 0.05) is 67.9 Å². The fraction of sp³-hybridized carbons (Fsp3) is 0.521. The number of nitrogens with zero attached hydrogens (tertiary/aromatic N) is 7. The Balaban J connectivity index is 0.872. The predicted molar refractivity (Wildman–Crippen MR) is 266 cm³/mol. The number of carboxylic acid groups (broad SMARTS) is 1. The van der Waals surface area contributed by atoms with Gasteiger partial charge in [0.1, 0.15) is 53.8 Å². The molecule has 4 atom stereocenters. The van der Waals surface area contributed by atoms with Gasteiger partial charge in [0.15, 0.2) is 5.78 Å². The summed E-state index contributed by atoms with van der Waals surface area (Å²) in [4.78, 5) is 105. The second-order valence-corrected chi connectivity index (χ2v) is 19.0. The van der Waals surface area contributed by atoms with Gasteiger partial charge in [-0.3, -0.25) is 38.2 Å². The van der Waals surface area contributed by atoms with E-state index < -0.39 is 18.1 Å². The van der Waals surface area contributed by atoms with Crippen molar-refractivity contribution in [3.8, 4) is 11.1 Å². The van der Waals surface area contributed by atoms with E-state index in [1.807, 2.05) is 37.2 Å². The van der Waals surface area contributed by atoms with E-state index >= 15 is 0 Å². The number of nitrogens with two attached hydrogens (primary N) is 1. The summed E-state index contributed by atoms with van der Waals surface area (Å²) >= 11 is 3.41. The van der Waals surface area contributed by atoms with Crippen LogP contribution in [0.15, 0.2) is 47.3 Å². The van der Waals surface area contributed by atoms with Crippen LogP contribution >= 0.6 is 15.9 Å². The number of hydrogen-bond donors (Lipinski definition) is 6. The molecule has 24 nitrogen and oxygen atoms in total. The summed E-state index contributed by atoms with van der Waals surface area (Å²) in [7, 11) is 3.86. The number of halogens is 1. The number of carbonyl (C=O) groups excluding carboxylic acids is 6. The Hall–Kier alpha value is -6.35. The first kappa shape index (κ1) is 56.0. The second kappa shape index (κ2) is 26.6. The topological polar surface area (TPSA) is 314 Å². The number of likely N-dealkylation sites (tertiary alicyclic amines) is 1. The Kier molecular flexibility index (Phi) is 20.4. The van der Waals surface area contributed by atoms with Gasteiger partial charge in [0.2, 0.25) is 29.5 Å². The third-order valence-electron chi connectivity index (χ3n) is 12.1. The van der Waals surface area contributed by atoms with Gasteiger partial charge in [0.25, 0.3) is 0 Å². The number of anilines is 1. The average Bonchev–Trinajstić information content (AvgIpc) is 3.71. The number of amides is 5. The van der Waals surface area contributed by atoms with Crippen molar-refractivity contribution in [2.45, 2.75) is 77.3 Å². The molecule has 1 saturated heterocycles. The normalized spacial score (nSPS) is 17.3. The van der Waals surface area contributed by atoms with E-state index in [4.69, 9.17) is 29.8 Å². The van der Waals surface area contributed by atoms with Crippen LogP contribution < -0.4 is 27.0 Å². The lowest BCUT2D eigenvalue weighted by atomic mass is 10.0. The van der Waals surface area contributed by atoms with Crippen LogP contribution in [0.2, 0.25) is 0 Å². The molecule has 1 aliphatic heterocycles. The van der Waals surface area contributed by atoms with Crippen LogP contribution in [0.4, 0.5) is 5.82 Å². The summed E-state index contributed by atoms with van der Waals surface area (Å²) in [5.41, 5.74) is 8.18. The number of aromatic nitrogens is 5. The number of piperidine rings is 1. The summed E-state index contributed by atoms with van der Waals surface area (Å²) in [6.07, 6.45) is 4.57. The van der Waals surface area contributed by atoms with Crippen molar-refractivity contribution >= 4 is 73.9 Å². The first-order chi connectivity index (χ1) is 34.9. The van der Waals surface area contributed by atoms with E-state index in [0.717, 1.165) is 12.0 Å². The van der Waals surface area contributed by atoms with E-state index in [1.165, 1.54) is 11.6 Å². The van der Waals surface area contributed by atoms with Crippen LogP contribution in [0.5, 0.6) is 0 Å². The molecule has 0 spiro atoms. The Bertz CT molecular complexity index is 2620. The Morgan fingerprint density at radius 1 is 0.863 bits per heavy atom. The highest BCUT2D eigenvalue weighted by molar-refractivity contribution is 9.10. The molecule has 4 aromatic rings. The highest BCUT2D eigenvalue weighted by atomic mass is 79.9. The summed E-state index contributed by atoms with van der Waals surface area (Å²) in [5, 5.41) is 24.8. The fourth-order valence-corrected chi connectivity index (χ4v) is 8.53. The fourth-order valence-electron chi connectivity index (χ4n) is 8.22. The van der Waals surface area contributed by atoms with Crippen LogP contribution in [0.3, 0.4) is 0 Å². The van der Waals surface area contributed by atoms with Crippen LogP contribution in [0.25, 0.3) is 22.0 Å². The minimum Gasteiger partial charge on any atom is -0.480 e. The highest BCUT2D eigenvalue weighted by Gasteiger charge is 2.64. The molecule has 0 bridgehead atoms. The zero-order valence-electron chi connectivity index (χ0n) is 41.3. The number of ketones is 1. The first-order valence-corrected chi connectivity index (χ1v) is 24.6. The quantitative estimate of drug-likeness (QED) is 0.0241. The highest BCUT2D eigenvalue weighted by Crippen LogP contribution is 2.59.